The van der Waals surface area contributed by atoms with Crippen LogP contribution in [0.5, 0.6) is 0 Å². The van der Waals surface area contributed by atoms with Gasteiger partial charge in [-0.05, 0) is 30.2 Å². The van der Waals surface area contributed by atoms with Crippen molar-refractivity contribution in [2.45, 2.75) is 23.2 Å². The number of benzene rings is 2. The second-order valence-corrected chi connectivity index (χ2v) is 8.85. The number of imide groups is 1. The van der Waals surface area contributed by atoms with Gasteiger partial charge in [0, 0.05) is 0 Å². The normalized spacial score (nSPS) is 21.8. The van der Waals surface area contributed by atoms with Gasteiger partial charge in [0.2, 0.25) is 0 Å². The van der Waals surface area contributed by atoms with Crippen molar-refractivity contribution in [2.75, 3.05) is 0 Å². The number of hydrogen-bond donors (Lipinski definition) is 3. The molecule has 0 spiro atoms. The van der Waals surface area contributed by atoms with Crippen molar-refractivity contribution in [1.29, 1.82) is 0 Å². The highest BCUT2D eigenvalue weighted by molar-refractivity contribution is 7.93. The molecule has 0 bridgehead atoms. The van der Waals surface area contributed by atoms with E-state index >= 15 is 0 Å². The lowest BCUT2D eigenvalue weighted by Gasteiger charge is -2.33. The molecule has 2 unspecified atom stereocenters. The average Bonchev–Trinajstić information content (AvgIpc) is 2.67. The summed E-state index contributed by atoms with van der Waals surface area (Å²) in [4.78, 5) is 28.6. The van der Waals surface area contributed by atoms with E-state index in [2.05, 4.69) is 15.6 Å². The van der Waals surface area contributed by atoms with Crippen LogP contribution in [0, 0.1) is 6.92 Å². The second kappa shape index (κ2) is 6.85. The number of fused-ring (bicyclic) bond motifs is 1. The molecular weight excluding hydrogens is 392 g/mol. The van der Waals surface area contributed by atoms with Crippen LogP contribution in [0.25, 0.3) is 5.57 Å². The number of nitrogens with two attached hydrogens (primary N) is 1. The fourth-order valence-corrected chi connectivity index (χ4v) is 5.26. The van der Waals surface area contributed by atoms with Gasteiger partial charge in [0.15, 0.2) is 16.0 Å². The quantitative estimate of drug-likeness (QED) is 0.698. The molecule has 8 nitrogen and oxygen atoms in total. The number of urea groups is 1. The lowest BCUT2D eigenvalue weighted by atomic mass is 9.90. The first-order valence-corrected chi connectivity index (χ1v) is 10.4. The minimum Gasteiger partial charge on any atom is -0.386 e. The molecule has 2 aliphatic heterocycles. The molecule has 0 radical (unpaired) electrons. The molecule has 2 aromatic rings. The molecule has 4 N–H and O–H groups in total. The maximum Gasteiger partial charge on any atom is 0.323 e. The number of aryl methyl sites for hydroxylation is 1. The Kier molecular flexibility index (Phi) is 4.46. The maximum absolute atomic E-state index is 13.5. The number of nitrogens with zero attached hydrogens (tertiary/aromatic N) is 1. The first-order chi connectivity index (χ1) is 13.8. The number of hydrogen-bond acceptors (Lipinski definition) is 6. The van der Waals surface area contributed by atoms with Gasteiger partial charge >= 0.3 is 6.03 Å². The Hall–Kier alpha value is -3.46. The number of sulfone groups is 1. The zero-order valence-electron chi connectivity index (χ0n) is 15.4. The van der Waals surface area contributed by atoms with E-state index < -0.39 is 33.2 Å². The van der Waals surface area contributed by atoms with Crippen LogP contribution in [0.4, 0.5) is 4.79 Å². The van der Waals surface area contributed by atoms with Crippen molar-refractivity contribution in [3.05, 3.63) is 71.3 Å². The van der Waals surface area contributed by atoms with Crippen molar-refractivity contribution in [1.82, 2.24) is 10.6 Å². The van der Waals surface area contributed by atoms with Crippen molar-refractivity contribution in [3.8, 4) is 0 Å². The Bertz CT molecular complexity index is 1170. The third-order valence-corrected chi connectivity index (χ3v) is 6.88. The number of aliphatic imine (C=N–C) groups is 1. The topological polar surface area (TPSA) is 131 Å². The molecule has 2 atom stereocenters. The molecule has 1 saturated heterocycles. The minimum absolute atomic E-state index is 0.0621. The van der Waals surface area contributed by atoms with E-state index in [4.69, 9.17) is 5.73 Å². The molecule has 9 heteroatoms. The minimum atomic E-state index is -4.01. The van der Waals surface area contributed by atoms with Gasteiger partial charge in [-0.25, -0.2) is 18.2 Å². The lowest BCUT2D eigenvalue weighted by Crippen LogP contribution is -2.57. The smallest absolute Gasteiger partial charge is 0.323 e. The van der Waals surface area contributed by atoms with Crippen molar-refractivity contribution >= 4 is 33.2 Å². The maximum atomic E-state index is 13.5. The summed E-state index contributed by atoms with van der Waals surface area (Å²) >= 11 is 0. The van der Waals surface area contributed by atoms with Crippen LogP contribution < -0.4 is 16.4 Å². The van der Waals surface area contributed by atoms with Gasteiger partial charge in [0.25, 0.3) is 5.91 Å². The van der Waals surface area contributed by atoms with Gasteiger partial charge in [-0.2, -0.15) is 0 Å². The number of nitrogens with one attached hydrogen (secondary N) is 2. The van der Waals surface area contributed by atoms with Crippen molar-refractivity contribution in [3.63, 3.8) is 0 Å². The first-order valence-electron chi connectivity index (χ1n) is 8.84. The summed E-state index contributed by atoms with van der Waals surface area (Å²) in [6.45, 7) is 1.90. The van der Waals surface area contributed by atoms with Crippen molar-refractivity contribution < 1.29 is 18.0 Å². The average molecular weight is 410 g/mol. The van der Waals surface area contributed by atoms with Crippen LogP contribution in [-0.4, -0.2) is 37.6 Å². The Balaban J connectivity index is 1.98. The fraction of sp³-hybridized carbons (Fsp3) is 0.150. The first kappa shape index (κ1) is 18.9. The Morgan fingerprint density at radius 1 is 0.966 bits per heavy atom. The highest BCUT2D eigenvalue weighted by Gasteiger charge is 2.45. The molecule has 148 valence electrons. The summed E-state index contributed by atoms with van der Waals surface area (Å²) in [6, 6.07) is 14.2. The van der Waals surface area contributed by atoms with Crippen molar-refractivity contribution in [2.24, 2.45) is 10.7 Å². The number of carbonyl (C=O) groups excluding carboxylic acids is 2. The third kappa shape index (κ3) is 3.19. The summed E-state index contributed by atoms with van der Waals surface area (Å²) in [5.74, 6) is -0.882. The van der Waals surface area contributed by atoms with Crippen LogP contribution in [0.1, 0.15) is 11.1 Å². The van der Waals surface area contributed by atoms with E-state index in [1.54, 1.807) is 30.3 Å². The molecule has 4 rings (SSSR count). The van der Waals surface area contributed by atoms with Crippen LogP contribution in [0.15, 0.2) is 70.1 Å². The van der Waals surface area contributed by atoms with Crippen LogP contribution in [0.2, 0.25) is 0 Å². The summed E-state index contributed by atoms with van der Waals surface area (Å²) in [5.41, 5.74) is 7.87. The summed E-state index contributed by atoms with van der Waals surface area (Å²) < 4.78 is 27.0. The van der Waals surface area contributed by atoms with Gasteiger partial charge in [0.05, 0.1) is 10.5 Å². The number of amides is 3. The zero-order valence-corrected chi connectivity index (χ0v) is 16.2. The van der Waals surface area contributed by atoms with Crippen LogP contribution in [-0.2, 0) is 14.6 Å². The van der Waals surface area contributed by atoms with E-state index in [-0.39, 0.29) is 21.9 Å². The molecule has 2 heterocycles. The van der Waals surface area contributed by atoms with E-state index in [0.29, 0.717) is 5.56 Å². The second-order valence-electron chi connectivity index (χ2n) is 6.82. The van der Waals surface area contributed by atoms with Gasteiger partial charge in [0.1, 0.15) is 11.1 Å². The molecule has 2 aliphatic rings. The highest BCUT2D eigenvalue weighted by atomic mass is 32.2. The predicted octanol–water partition coefficient (Wildman–Crippen LogP) is 1.13. The number of carbonyl (C=O) groups is 2. The summed E-state index contributed by atoms with van der Waals surface area (Å²) in [6.07, 6.45) is -1.05. The SMILES string of the molecule is Cc1ccc(C2=C3C(=O)NC(=O)NC3N=C(N)C2S(=O)(=O)c2ccccc2)cc1. The molecule has 0 saturated carbocycles. The standard InChI is InChI=1S/C20H18N4O4S/c1-11-7-9-12(10-8-11)14-15-18(23-20(26)24-19(15)25)22-17(21)16(14)29(27,28)13-5-3-2-4-6-13/h2-10,16,18H,1H3,(H2,21,22)(H2,23,24,25,26). The molecule has 29 heavy (non-hydrogen) atoms. The van der Waals surface area contributed by atoms with E-state index in [0.717, 1.165) is 5.56 Å². The number of amidine groups is 1. The fourth-order valence-electron chi connectivity index (χ4n) is 3.50. The van der Waals surface area contributed by atoms with Gasteiger partial charge in [-0.15, -0.1) is 0 Å². The summed E-state index contributed by atoms with van der Waals surface area (Å²) in [5, 5.41) is 3.31. The van der Waals surface area contributed by atoms with Gasteiger partial charge in [-0.3, -0.25) is 10.1 Å². The molecule has 0 aliphatic carbocycles. The number of dihydropyridines is 1. The molecule has 0 aromatic heterocycles. The van der Waals surface area contributed by atoms with E-state index in [1.807, 2.05) is 19.1 Å². The zero-order chi connectivity index (χ0) is 20.8. The van der Waals surface area contributed by atoms with Gasteiger partial charge in [-0.1, -0.05) is 48.0 Å². The third-order valence-electron chi connectivity index (χ3n) is 4.86. The lowest BCUT2D eigenvalue weighted by molar-refractivity contribution is -0.117. The van der Waals surface area contributed by atoms with E-state index in [9.17, 15) is 18.0 Å². The molecule has 1 fully saturated rings. The predicted molar refractivity (Wildman–Crippen MR) is 108 cm³/mol. The Labute approximate surface area is 167 Å². The monoisotopic (exact) mass is 410 g/mol. The Morgan fingerprint density at radius 2 is 1.62 bits per heavy atom. The van der Waals surface area contributed by atoms with Crippen LogP contribution in [0.3, 0.4) is 0 Å². The summed E-state index contributed by atoms with van der Waals surface area (Å²) in [7, 11) is -4.01. The highest BCUT2D eigenvalue weighted by Crippen LogP contribution is 2.36. The van der Waals surface area contributed by atoms with Gasteiger partial charge < -0.3 is 11.1 Å². The van der Waals surface area contributed by atoms with Crippen LogP contribution >= 0.6 is 0 Å². The largest absolute Gasteiger partial charge is 0.386 e. The molecule has 3 amide bonds. The van der Waals surface area contributed by atoms with E-state index in [1.165, 1.54) is 12.1 Å². The Morgan fingerprint density at radius 3 is 2.28 bits per heavy atom. The molecular formula is C20H18N4O4S. The molecule has 2 aromatic carbocycles. The number of rotatable bonds is 3.